The van der Waals surface area contributed by atoms with E-state index < -0.39 is 0 Å². The Hall–Kier alpha value is -0.570. The molecule has 1 rings (SSSR count). The molecule has 3 nitrogen and oxygen atoms in total. The number of esters is 1. The van der Waals surface area contributed by atoms with E-state index in [1.807, 2.05) is 6.92 Å². The fourth-order valence-corrected chi connectivity index (χ4v) is 2.51. The maximum atomic E-state index is 11.9. The molecule has 1 saturated heterocycles. The molecule has 0 aliphatic carbocycles. The number of rotatable bonds is 5. The average Bonchev–Trinajstić information content (AvgIpc) is 2.27. The summed E-state index contributed by atoms with van der Waals surface area (Å²) < 4.78 is 5.18. The summed E-state index contributed by atoms with van der Waals surface area (Å²) in [6.45, 7) is 7.76. The normalized spacial score (nSPS) is 24.1. The second-order valence-corrected chi connectivity index (χ2v) is 4.64. The molecule has 0 amide bonds. The highest BCUT2D eigenvalue weighted by atomic mass is 16.5. The Morgan fingerprint density at radius 3 is 2.75 bits per heavy atom. The minimum atomic E-state index is -0.0295. The molecule has 2 atom stereocenters. The van der Waals surface area contributed by atoms with E-state index in [4.69, 9.17) is 4.74 Å². The number of nitrogens with zero attached hydrogens (tertiary/aromatic N) is 1. The Morgan fingerprint density at radius 2 is 2.19 bits per heavy atom. The van der Waals surface area contributed by atoms with Crippen molar-refractivity contribution in [2.75, 3.05) is 13.2 Å². The molecule has 3 heteroatoms. The van der Waals surface area contributed by atoms with Crippen molar-refractivity contribution in [3.05, 3.63) is 0 Å². The molecule has 1 aliphatic rings. The van der Waals surface area contributed by atoms with Crippen LogP contribution >= 0.6 is 0 Å². The van der Waals surface area contributed by atoms with E-state index in [2.05, 4.69) is 18.7 Å². The maximum absolute atomic E-state index is 11.9. The van der Waals surface area contributed by atoms with E-state index in [0.717, 1.165) is 19.4 Å². The van der Waals surface area contributed by atoms with E-state index in [-0.39, 0.29) is 12.0 Å². The zero-order valence-electron chi connectivity index (χ0n) is 10.9. The van der Waals surface area contributed by atoms with Gasteiger partial charge in [0.25, 0.3) is 0 Å². The number of ether oxygens (including phenoxy) is 1. The molecular formula is C13H25NO2. The van der Waals surface area contributed by atoms with Gasteiger partial charge in [0.15, 0.2) is 0 Å². The lowest BCUT2D eigenvalue weighted by Gasteiger charge is -2.38. The predicted octanol–water partition coefficient (Wildman–Crippen LogP) is 2.59. The van der Waals surface area contributed by atoms with Crippen LogP contribution in [0.5, 0.6) is 0 Å². The van der Waals surface area contributed by atoms with Crippen molar-refractivity contribution in [1.82, 2.24) is 4.90 Å². The van der Waals surface area contributed by atoms with Gasteiger partial charge in [-0.25, -0.2) is 0 Å². The van der Waals surface area contributed by atoms with Crippen molar-refractivity contribution in [3.63, 3.8) is 0 Å². The Kier molecular flexibility index (Phi) is 5.81. The predicted molar refractivity (Wildman–Crippen MR) is 65.3 cm³/mol. The number of hydrogen-bond acceptors (Lipinski definition) is 3. The summed E-state index contributed by atoms with van der Waals surface area (Å²) >= 11 is 0. The van der Waals surface area contributed by atoms with Crippen LogP contribution in [0.2, 0.25) is 0 Å². The van der Waals surface area contributed by atoms with Gasteiger partial charge in [0.05, 0.1) is 6.61 Å². The van der Waals surface area contributed by atoms with Gasteiger partial charge in [-0.15, -0.1) is 0 Å². The van der Waals surface area contributed by atoms with Crippen LogP contribution in [0, 0.1) is 0 Å². The van der Waals surface area contributed by atoms with E-state index in [1.54, 1.807) is 0 Å². The summed E-state index contributed by atoms with van der Waals surface area (Å²) in [7, 11) is 0. The Morgan fingerprint density at radius 1 is 1.44 bits per heavy atom. The quantitative estimate of drug-likeness (QED) is 0.676. The second-order valence-electron chi connectivity index (χ2n) is 4.64. The van der Waals surface area contributed by atoms with Crippen molar-refractivity contribution in [1.29, 1.82) is 0 Å². The Labute approximate surface area is 99.1 Å². The van der Waals surface area contributed by atoms with Gasteiger partial charge in [0, 0.05) is 6.04 Å². The van der Waals surface area contributed by atoms with Gasteiger partial charge in [-0.2, -0.15) is 0 Å². The number of carbonyl (C=O) groups is 1. The van der Waals surface area contributed by atoms with Gasteiger partial charge >= 0.3 is 5.97 Å². The molecule has 0 radical (unpaired) electrons. The minimum absolute atomic E-state index is 0.0137. The Balaban J connectivity index is 2.63. The standard InChI is InChI=1S/C13H25NO2/c1-4-8-12(13(15)16-5-2)14-10-7-6-9-11(14)3/h11-12H,4-10H2,1-3H3. The smallest absolute Gasteiger partial charge is 0.323 e. The molecule has 1 aliphatic heterocycles. The molecule has 0 saturated carbocycles. The SMILES string of the molecule is CCCC(C(=O)OCC)N1CCCCC1C. The first-order valence-electron chi connectivity index (χ1n) is 6.63. The molecule has 94 valence electrons. The van der Waals surface area contributed by atoms with Crippen LogP contribution in [0.3, 0.4) is 0 Å². The molecular weight excluding hydrogens is 202 g/mol. The molecule has 1 heterocycles. The van der Waals surface area contributed by atoms with Crippen LogP contribution in [0.1, 0.15) is 52.9 Å². The summed E-state index contributed by atoms with van der Waals surface area (Å²) in [6, 6.07) is 0.509. The van der Waals surface area contributed by atoms with Gasteiger partial charge in [0.2, 0.25) is 0 Å². The molecule has 16 heavy (non-hydrogen) atoms. The summed E-state index contributed by atoms with van der Waals surface area (Å²) in [6.07, 6.45) is 5.67. The summed E-state index contributed by atoms with van der Waals surface area (Å²) in [5.41, 5.74) is 0. The van der Waals surface area contributed by atoms with Crippen LogP contribution in [0.15, 0.2) is 0 Å². The van der Waals surface area contributed by atoms with E-state index in [9.17, 15) is 4.79 Å². The third-order valence-electron chi connectivity index (χ3n) is 3.38. The van der Waals surface area contributed by atoms with Gasteiger partial charge in [-0.1, -0.05) is 19.8 Å². The molecule has 0 bridgehead atoms. The molecule has 0 spiro atoms. The van der Waals surface area contributed by atoms with E-state index >= 15 is 0 Å². The van der Waals surface area contributed by atoms with E-state index in [0.29, 0.717) is 12.6 Å². The van der Waals surface area contributed by atoms with Crippen molar-refractivity contribution in [2.24, 2.45) is 0 Å². The summed E-state index contributed by atoms with van der Waals surface area (Å²) in [5.74, 6) is -0.0295. The van der Waals surface area contributed by atoms with Crippen LogP contribution in [0.25, 0.3) is 0 Å². The maximum Gasteiger partial charge on any atom is 0.323 e. The molecule has 2 unspecified atom stereocenters. The highest BCUT2D eigenvalue weighted by Gasteiger charge is 2.31. The van der Waals surface area contributed by atoms with Gasteiger partial charge in [-0.05, 0) is 39.7 Å². The molecule has 0 N–H and O–H groups in total. The van der Waals surface area contributed by atoms with Crippen molar-refractivity contribution >= 4 is 5.97 Å². The molecule has 0 aromatic rings. The van der Waals surface area contributed by atoms with Crippen molar-refractivity contribution in [2.45, 2.75) is 65.0 Å². The van der Waals surface area contributed by atoms with Gasteiger partial charge in [0.1, 0.15) is 6.04 Å². The van der Waals surface area contributed by atoms with Crippen molar-refractivity contribution in [3.8, 4) is 0 Å². The van der Waals surface area contributed by atoms with Crippen LogP contribution in [0.4, 0.5) is 0 Å². The topological polar surface area (TPSA) is 29.5 Å². The fourth-order valence-electron chi connectivity index (χ4n) is 2.51. The lowest BCUT2D eigenvalue weighted by atomic mass is 9.99. The second kappa shape index (κ2) is 6.89. The van der Waals surface area contributed by atoms with Crippen LogP contribution in [-0.4, -0.2) is 36.1 Å². The monoisotopic (exact) mass is 227 g/mol. The number of hydrogen-bond donors (Lipinski definition) is 0. The van der Waals surface area contributed by atoms with Crippen molar-refractivity contribution < 1.29 is 9.53 Å². The first kappa shape index (κ1) is 13.5. The molecule has 0 aromatic carbocycles. The summed E-state index contributed by atoms with van der Waals surface area (Å²) in [5, 5.41) is 0. The van der Waals surface area contributed by atoms with Gasteiger partial charge < -0.3 is 4.74 Å². The zero-order chi connectivity index (χ0) is 12.0. The number of likely N-dealkylation sites (tertiary alicyclic amines) is 1. The molecule has 1 fully saturated rings. The first-order valence-corrected chi connectivity index (χ1v) is 6.63. The van der Waals surface area contributed by atoms with Crippen LogP contribution in [-0.2, 0) is 9.53 Å². The third kappa shape index (κ3) is 3.48. The van der Waals surface area contributed by atoms with Gasteiger partial charge in [-0.3, -0.25) is 9.69 Å². The minimum Gasteiger partial charge on any atom is -0.465 e. The highest BCUT2D eigenvalue weighted by molar-refractivity contribution is 5.75. The van der Waals surface area contributed by atoms with Crippen LogP contribution < -0.4 is 0 Å². The number of piperidine rings is 1. The zero-order valence-corrected chi connectivity index (χ0v) is 10.9. The lowest BCUT2D eigenvalue weighted by molar-refractivity contribution is -0.151. The largest absolute Gasteiger partial charge is 0.465 e. The molecule has 0 aromatic heterocycles. The number of carbonyl (C=O) groups excluding carboxylic acids is 1. The highest BCUT2D eigenvalue weighted by Crippen LogP contribution is 2.22. The lowest BCUT2D eigenvalue weighted by Crippen LogP contribution is -2.49. The third-order valence-corrected chi connectivity index (χ3v) is 3.38. The van der Waals surface area contributed by atoms with E-state index in [1.165, 1.54) is 19.3 Å². The average molecular weight is 227 g/mol. The fraction of sp³-hybridized carbons (Fsp3) is 0.923. The Bertz CT molecular complexity index is 218. The summed E-state index contributed by atoms with van der Waals surface area (Å²) in [4.78, 5) is 14.3. The first-order chi connectivity index (χ1) is 7.70.